The Morgan fingerprint density at radius 3 is 2.71 bits per heavy atom. The fourth-order valence-electron chi connectivity index (χ4n) is 3.59. The summed E-state index contributed by atoms with van der Waals surface area (Å²) < 4.78 is 11.1. The number of para-hydroxylation sites is 2. The molecule has 6 heteroatoms. The van der Waals surface area contributed by atoms with Crippen LogP contribution in [0.3, 0.4) is 0 Å². The van der Waals surface area contributed by atoms with Crippen molar-refractivity contribution in [2.45, 2.75) is 13.0 Å². The summed E-state index contributed by atoms with van der Waals surface area (Å²) in [5.74, 6) is 3.32. The lowest BCUT2D eigenvalue weighted by atomic mass is 9.96. The maximum atomic E-state index is 11.1. The van der Waals surface area contributed by atoms with Crippen molar-refractivity contribution in [3.8, 4) is 5.75 Å². The molecule has 150 valence electrons. The monoisotopic (exact) mass is 384 g/mol. The molecule has 0 saturated carbocycles. The highest BCUT2D eigenvalue weighted by Crippen LogP contribution is 2.28. The van der Waals surface area contributed by atoms with Crippen molar-refractivity contribution in [1.29, 1.82) is 0 Å². The van der Waals surface area contributed by atoms with Crippen LogP contribution in [-0.2, 0) is 9.53 Å². The van der Waals surface area contributed by atoms with Crippen LogP contribution in [0, 0.1) is 5.92 Å². The van der Waals surface area contributed by atoms with E-state index in [0.29, 0.717) is 17.9 Å². The van der Waals surface area contributed by atoms with Gasteiger partial charge in [0.25, 0.3) is 0 Å². The molecular weight excluding hydrogens is 356 g/mol. The average molecular weight is 384 g/mol. The fourth-order valence-corrected chi connectivity index (χ4v) is 3.59. The van der Waals surface area contributed by atoms with Crippen LogP contribution in [0.4, 0.5) is 5.69 Å². The molecule has 3 rings (SSSR count). The molecule has 1 heterocycles. The minimum absolute atomic E-state index is 0.0160. The molecule has 0 amide bonds. The zero-order chi connectivity index (χ0) is 19.9. The van der Waals surface area contributed by atoms with Crippen molar-refractivity contribution < 1.29 is 19.4 Å². The molecule has 6 nitrogen and oxygen atoms in total. The van der Waals surface area contributed by atoms with E-state index in [4.69, 9.17) is 9.47 Å². The van der Waals surface area contributed by atoms with Crippen molar-refractivity contribution in [2.24, 2.45) is 5.92 Å². The highest BCUT2D eigenvalue weighted by Gasteiger charge is 2.22. The molecule has 0 aromatic heterocycles. The highest BCUT2D eigenvalue weighted by atomic mass is 16.5. The number of allylic oxidation sites excluding steroid dienone is 4. The molecule has 28 heavy (non-hydrogen) atoms. The second-order valence-corrected chi connectivity index (χ2v) is 7.14. The predicted molar refractivity (Wildman–Crippen MR) is 109 cm³/mol. The van der Waals surface area contributed by atoms with Gasteiger partial charge in [-0.2, -0.15) is 0 Å². The smallest absolute Gasteiger partial charge is 0.142 e. The molecule has 1 aromatic rings. The van der Waals surface area contributed by atoms with Gasteiger partial charge in [0.2, 0.25) is 0 Å². The Hall–Kier alpha value is -2.53. The van der Waals surface area contributed by atoms with E-state index in [9.17, 15) is 9.90 Å². The van der Waals surface area contributed by atoms with Crippen molar-refractivity contribution in [2.75, 3.05) is 51.3 Å². The van der Waals surface area contributed by atoms with E-state index in [1.165, 1.54) is 0 Å². The van der Waals surface area contributed by atoms with E-state index >= 15 is 0 Å². The van der Waals surface area contributed by atoms with Crippen molar-refractivity contribution in [3.63, 3.8) is 0 Å². The molecule has 0 radical (unpaired) electrons. The number of rotatable bonds is 7. The SMILES string of the molecule is COc1ccccc1N1CCN(CC(O)COC2=CC=CC(C)C2=C=O)CC1. The summed E-state index contributed by atoms with van der Waals surface area (Å²) in [6.45, 7) is 6.08. The first-order valence-corrected chi connectivity index (χ1v) is 9.67. The van der Waals surface area contributed by atoms with Crippen LogP contribution in [-0.4, -0.2) is 68.5 Å². The van der Waals surface area contributed by atoms with Crippen LogP contribution in [0.5, 0.6) is 5.75 Å². The largest absolute Gasteiger partial charge is 0.495 e. The number of aliphatic hydroxyl groups excluding tert-OH is 1. The zero-order valence-electron chi connectivity index (χ0n) is 16.5. The molecule has 1 saturated heterocycles. The second-order valence-electron chi connectivity index (χ2n) is 7.14. The van der Waals surface area contributed by atoms with Crippen molar-refractivity contribution >= 4 is 11.6 Å². The average Bonchev–Trinajstić information content (AvgIpc) is 2.73. The molecule has 1 aliphatic carbocycles. The van der Waals surface area contributed by atoms with Crippen LogP contribution in [0.2, 0.25) is 0 Å². The molecule has 0 bridgehead atoms. The van der Waals surface area contributed by atoms with E-state index in [0.717, 1.165) is 37.6 Å². The number of β-amino-alcohol motifs (C(OH)–C–C–N with tert-alkyl or cyclic N) is 1. The molecule has 1 aromatic carbocycles. The number of anilines is 1. The van der Waals surface area contributed by atoms with Crippen molar-refractivity contribution in [1.82, 2.24) is 4.90 Å². The number of hydrogen-bond donors (Lipinski definition) is 1. The quantitative estimate of drug-likeness (QED) is 0.726. The molecule has 2 atom stereocenters. The summed E-state index contributed by atoms with van der Waals surface area (Å²) in [5.41, 5.74) is 1.60. The van der Waals surface area contributed by atoms with Gasteiger partial charge in [0.15, 0.2) is 0 Å². The number of benzene rings is 1. The lowest BCUT2D eigenvalue weighted by Crippen LogP contribution is -2.49. The minimum Gasteiger partial charge on any atom is -0.495 e. The van der Waals surface area contributed by atoms with Gasteiger partial charge in [0, 0.05) is 38.6 Å². The van der Waals surface area contributed by atoms with Crippen LogP contribution < -0.4 is 9.64 Å². The first-order valence-electron chi connectivity index (χ1n) is 9.67. The van der Waals surface area contributed by atoms with Gasteiger partial charge >= 0.3 is 0 Å². The summed E-state index contributed by atoms with van der Waals surface area (Å²) >= 11 is 0. The topological polar surface area (TPSA) is 62.2 Å². The lowest BCUT2D eigenvalue weighted by Gasteiger charge is -2.37. The molecule has 1 aliphatic heterocycles. The second kappa shape index (κ2) is 9.60. The third-order valence-corrected chi connectivity index (χ3v) is 5.18. The summed E-state index contributed by atoms with van der Waals surface area (Å²) in [5, 5.41) is 10.4. The molecule has 2 aliphatic rings. The Balaban J connectivity index is 1.46. The van der Waals surface area contributed by atoms with E-state index < -0.39 is 6.10 Å². The van der Waals surface area contributed by atoms with Gasteiger partial charge in [-0.25, -0.2) is 4.79 Å². The summed E-state index contributed by atoms with van der Waals surface area (Å²) in [4.78, 5) is 15.7. The van der Waals surface area contributed by atoms with Gasteiger partial charge in [0.1, 0.15) is 30.2 Å². The third kappa shape index (κ3) is 4.84. The number of methoxy groups -OCH3 is 1. The van der Waals surface area contributed by atoms with Crippen LogP contribution in [0.25, 0.3) is 0 Å². The maximum absolute atomic E-state index is 11.1. The number of hydrogen-bond acceptors (Lipinski definition) is 6. The summed E-state index contributed by atoms with van der Waals surface area (Å²) in [6.07, 6.45) is 4.92. The van der Waals surface area contributed by atoms with Gasteiger partial charge in [0.05, 0.1) is 18.4 Å². The van der Waals surface area contributed by atoms with E-state index in [-0.39, 0.29) is 12.5 Å². The summed E-state index contributed by atoms with van der Waals surface area (Å²) in [7, 11) is 1.69. The van der Waals surface area contributed by atoms with Crippen LogP contribution >= 0.6 is 0 Å². The zero-order valence-corrected chi connectivity index (χ0v) is 16.5. The Kier molecular flexibility index (Phi) is 6.93. The van der Waals surface area contributed by atoms with Gasteiger partial charge in [-0.15, -0.1) is 0 Å². The third-order valence-electron chi connectivity index (χ3n) is 5.18. The molecule has 2 unspecified atom stereocenters. The Morgan fingerprint density at radius 1 is 1.25 bits per heavy atom. The number of aliphatic hydroxyl groups is 1. The predicted octanol–water partition coefficient (Wildman–Crippen LogP) is 2.04. The summed E-state index contributed by atoms with van der Waals surface area (Å²) in [6, 6.07) is 8.03. The Morgan fingerprint density at radius 2 is 2.00 bits per heavy atom. The van der Waals surface area contributed by atoms with E-state index in [2.05, 4.69) is 15.9 Å². The standard InChI is InChI=1S/C22H28N2O4/c1-17-6-5-9-21(19(17)15-25)28-16-18(26)14-23-10-12-24(13-11-23)20-7-3-4-8-22(20)27-2/h3-9,17-18,26H,10-14,16H2,1-2H3. The van der Waals surface area contributed by atoms with E-state index in [1.54, 1.807) is 13.2 Å². The fraction of sp³-hybridized carbons (Fsp3) is 0.455. The molecular formula is C22H28N2O4. The first-order chi connectivity index (χ1) is 13.6. The minimum atomic E-state index is -0.618. The van der Waals surface area contributed by atoms with Gasteiger partial charge < -0.3 is 19.5 Å². The van der Waals surface area contributed by atoms with Crippen LogP contribution in [0.1, 0.15) is 6.92 Å². The number of carbonyl (C=O) groups excluding carboxylic acids is 1. The van der Waals surface area contributed by atoms with E-state index in [1.807, 2.05) is 43.2 Å². The number of piperazine rings is 1. The normalized spacial score (nSPS) is 21.1. The Labute approximate surface area is 166 Å². The first kappa shape index (κ1) is 20.2. The molecule has 1 N–H and O–H groups in total. The van der Waals surface area contributed by atoms with Gasteiger partial charge in [-0.3, -0.25) is 4.90 Å². The number of ether oxygens (including phenoxy) is 2. The lowest BCUT2D eigenvalue weighted by molar-refractivity contribution is 0.0429. The van der Waals surface area contributed by atoms with Crippen molar-refractivity contribution in [3.05, 3.63) is 53.8 Å². The highest BCUT2D eigenvalue weighted by molar-refractivity contribution is 5.62. The molecule has 1 fully saturated rings. The van der Waals surface area contributed by atoms with Gasteiger partial charge in [-0.1, -0.05) is 31.2 Å². The van der Waals surface area contributed by atoms with Crippen LogP contribution in [0.15, 0.2) is 53.8 Å². The Bertz CT molecular complexity index is 774. The molecule has 0 spiro atoms. The maximum Gasteiger partial charge on any atom is 0.142 e. The number of nitrogens with zero attached hydrogens (tertiary/aromatic N) is 2. The van der Waals surface area contributed by atoms with Gasteiger partial charge in [-0.05, 0) is 18.2 Å².